The molecular weight excluding hydrogens is 674 g/mol. The van der Waals surface area contributed by atoms with Crippen molar-refractivity contribution in [2.24, 2.45) is 0 Å². The Morgan fingerprint density at radius 3 is 2.52 bits per heavy atom. The van der Waals surface area contributed by atoms with Gasteiger partial charge in [-0.3, -0.25) is 19.2 Å². The lowest BCUT2D eigenvalue weighted by Gasteiger charge is -2.27. The lowest BCUT2D eigenvalue weighted by atomic mass is 10.0. The van der Waals surface area contributed by atoms with Crippen LogP contribution in [0.5, 0.6) is 11.5 Å². The van der Waals surface area contributed by atoms with Crippen molar-refractivity contribution in [3.05, 3.63) is 71.5 Å². The maximum atomic E-state index is 13.7. The first-order valence-electron chi connectivity index (χ1n) is 17.1. The van der Waals surface area contributed by atoms with Gasteiger partial charge in [-0.25, -0.2) is 9.48 Å². The Morgan fingerprint density at radius 1 is 1.02 bits per heavy atom. The van der Waals surface area contributed by atoms with Crippen LogP contribution in [0.1, 0.15) is 28.5 Å². The summed E-state index contributed by atoms with van der Waals surface area (Å²) < 4.78 is 13.0. The zero-order valence-corrected chi connectivity index (χ0v) is 29.5. The van der Waals surface area contributed by atoms with Gasteiger partial charge in [0.05, 0.1) is 25.5 Å². The molecule has 0 spiro atoms. The highest BCUT2D eigenvalue weighted by atomic mass is 16.5. The SMILES string of the molecule is COc1cc2ccc1OCCn1cc(nn1)CCN(C(=O)CN1CCN(C)C1=O)CCNC(=O)[C@H]([C@@H](C)O)NC(=O)[C@@H](Cc1ccccc1)NC2=O. The predicted molar refractivity (Wildman–Crippen MR) is 186 cm³/mol. The second-order valence-corrected chi connectivity index (χ2v) is 12.7. The topological polar surface area (TPSA) is 201 Å². The number of nitrogens with zero attached hydrogens (tertiary/aromatic N) is 6. The van der Waals surface area contributed by atoms with Gasteiger partial charge in [0.25, 0.3) is 5.91 Å². The van der Waals surface area contributed by atoms with Crippen LogP contribution in [0.4, 0.5) is 4.79 Å². The van der Waals surface area contributed by atoms with E-state index in [0.29, 0.717) is 43.2 Å². The van der Waals surface area contributed by atoms with Gasteiger partial charge in [-0.15, -0.1) is 5.10 Å². The third-order valence-corrected chi connectivity index (χ3v) is 8.86. The fourth-order valence-corrected chi connectivity index (χ4v) is 5.85. The fraction of sp³-hybridized carbons (Fsp3) is 0.457. The average Bonchev–Trinajstić information content (AvgIpc) is 3.72. The smallest absolute Gasteiger partial charge is 0.320 e. The number of hydrogen-bond donors (Lipinski definition) is 4. The Labute approximate surface area is 301 Å². The van der Waals surface area contributed by atoms with E-state index < -0.39 is 35.9 Å². The standard InChI is InChI=1S/C35H45N9O8/c1-23(45)31-34(49)36-12-14-42(30(46)22-43-16-15-41(2)35(43)50)13-11-26-21-44(40-39-26)17-18-52-28-10-9-25(20-29(28)51-3)32(47)37-27(33(48)38-31)19-24-7-5-4-6-8-24/h4-10,20-21,23,27,31,45H,11-19,22H2,1-3H3,(H,36,49)(H,37,47)(H,38,48)/t23-,27-,31+/m1/s1. The summed E-state index contributed by atoms with van der Waals surface area (Å²) in [6.07, 6.45) is 0.886. The molecule has 2 aromatic carbocycles. The second kappa shape index (κ2) is 17.5. The van der Waals surface area contributed by atoms with E-state index in [4.69, 9.17) is 9.47 Å². The lowest BCUT2D eigenvalue weighted by Crippen LogP contribution is -2.58. The molecule has 3 aromatic rings. The van der Waals surface area contributed by atoms with E-state index in [2.05, 4.69) is 26.3 Å². The lowest BCUT2D eigenvalue weighted by molar-refractivity contribution is -0.133. The number of benzene rings is 2. The highest BCUT2D eigenvalue weighted by Crippen LogP contribution is 2.28. The van der Waals surface area contributed by atoms with Gasteiger partial charge in [-0.1, -0.05) is 35.5 Å². The molecule has 6 amide bonds. The Kier molecular flexibility index (Phi) is 12.6. The van der Waals surface area contributed by atoms with Crippen molar-refractivity contribution in [3.63, 3.8) is 0 Å². The fourth-order valence-electron chi connectivity index (χ4n) is 5.85. The molecule has 0 unspecified atom stereocenters. The number of carbonyl (C=O) groups excluding carboxylic acids is 5. The van der Waals surface area contributed by atoms with Gasteiger partial charge in [0.15, 0.2) is 11.5 Å². The first-order valence-corrected chi connectivity index (χ1v) is 17.1. The third-order valence-electron chi connectivity index (χ3n) is 8.86. The molecular formula is C35H45N9O8. The Morgan fingerprint density at radius 2 is 1.81 bits per heavy atom. The summed E-state index contributed by atoms with van der Waals surface area (Å²) in [4.78, 5) is 71.1. The number of hydrogen-bond acceptors (Lipinski definition) is 10. The van der Waals surface area contributed by atoms with Gasteiger partial charge in [-0.05, 0) is 30.7 Å². The molecule has 0 radical (unpaired) electrons. The van der Waals surface area contributed by atoms with E-state index in [0.717, 1.165) is 5.56 Å². The highest BCUT2D eigenvalue weighted by Gasteiger charge is 2.32. The van der Waals surface area contributed by atoms with Crippen molar-refractivity contribution in [1.29, 1.82) is 0 Å². The number of ether oxygens (including phenoxy) is 2. The van der Waals surface area contributed by atoms with E-state index in [1.807, 2.05) is 18.2 Å². The molecule has 52 heavy (non-hydrogen) atoms. The van der Waals surface area contributed by atoms with Crippen LogP contribution < -0.4 is 25.4 Å². The predicted octanol–water partition coefficient (Wildman–Crippen LogP) is -0.559. The summed E-state index contributed by atoms with van der Waals surface area (Å²) in [5, 5.41) is 27.0. The first-order chi connectivity index (χ1) is 25.0. The van der Waals surface area contributed by atoms with Crippen molar-refractivity contribution < 1.29 is 38.6 Å². The van der Waals surface area contributed by atoms with Gasteiger partial charge in [0.2, 0.25) is 17.7 Å². The summed E-state index contributed by atoms with van der Waals surface area (Å²) in [7, 11) is 3.12. The van der Waals surface area contributed by atoms with Crippen LogP contribution in [-0.2, 0) is 33.8 Å². The summed E-state index contributed by atoms with van der Waals surface area (Å²) in [5.74, 6) is -1.57. The van der Waals surface area contributed by atoms with E-state index in [1.165, 1.54) is 34.8 Å². The number of urea groups is 1. The van der Waals surface area contributed by atoms with E-state index in [1.54, 1.807) is 42.2 Å². The van der Waals surface area contributed by atoms with Gasteiger partial charge >= 0.3 is 6.03 Å². The van der Waals surface area contributed by atoms with Crippen LogP contribution in [0.3, 0.4) is 0 Å². The van der Waals surface area contributed by atoms with Gasteiger partial charge in [-0.2, -0.15) is 0 Å². The highest BCUT2D eigenvalue weighted by molar-refractivity contribution is 5.99. The average molecular weight is 720 g/mol. The molecule has 17 heteroatoms. The molecule has 0 saturated carbocycles. The number of rotatable bonds is 6. The molecule has 1 saturated heterocycles. The van der Waals surface area contributed by atoms with Gasteiger partial charge in [0.1, 0.15) is 25.2 Å². The molecule has 4 heterocycles. The summed E-state index contributed by atoms with van der Waals surface area (Å²) in [5.41, 5.74) is 1.58. The minimum Gasteiger partial charge on any atom is -0.493 e. The van der Waals surface area contributed by atoms with Crippen molar-refractivity contribution in [2.75, 3.05) is 60.0 Å². The quantitative estimate of drug-likeness (QED) is 0.240. The first kappa shape index (κ1) is 37.5. The van der Waals surface area contributed by atoms with Crippen molar-refractivity contribution in [2.45, 2.75) is 44.5 Å². The summed E-state index contributed by atoms with van der Waals surface area (Å²) >= 11 is 0. The normalized spacial score (nSPS) is 20.1. The largest absolute Gasteiger partial charge is 0.493 e. The minimum absolute atomic E-state index is 0.0105. The molecule has 4 N–H and O–H groups in total. The minimum atomic E-state index is -1.38. The molecule has 1 aromatic heterocycles. The van der Waals surface area contributed by atoms with Crippen LogP contribution in [0.25, 0.3) is 0 Å². The molecule has 3 aliphatic rings. The van der Waals surface area contributed by atoms with Crippen molar-refractivity contribution >= 4 is 29.7 Å². The molecule has 6 rings (SSSR count). The van der Waals surface area contributed by atoms with E-state index in [9.17, 15) is 29.1 Å². The molecule has 278 valence electrons. The van der Waals surface area contributed by atoms with Crippen molar-refractivity contribution in [3.8, 4) is 11.5 Å². The van der Waals surface area contributed by atoms with E-state index in [-0.39, 0.29) is 56.7 Å². The number of amides is 6. The van der Waals surface area contributed by atoms with Crippen LogP contribution >= 0.6 is 0 Å². The summed E-state index contributed by atoms with van der Waals surface area (Å²) in [6.45, 7) is 3.00. The summed E-state index contributed by atoms with van der Waals surface area (Å²) in [6, 6.07) is 11.0. The van der Waals surface area contributed by atoms with Gasteiger partial charge in [0, 0.05) is 64.4 Å². The number of aromatic nitrogens is 3. The second-order valence-electron chi connectivity index (χ2n) is 12.7. The van der Waals surface area contributed by atoms with Gasteiger partial charge < -0.3 is 45.2 Å². The monoisotopic (exact) mass is 719 g/mol. The maximum Gasteiger partial charge on any atom is 0.320 e. The molecule has 4 bridgehead atoms. The molecule has 3 aliphatic heterocycles. The zero-order chi connectivity index (χ0) is 37.2. The van der Waals surface area contributed by atoms with Crippen LogP contribution in [0.2, 0.25) is 0 Å². The van der Waals surface area contributed by atoms with E-state index >= 15 is 0 Å². The number of aliphatic hydroxyl groups is 1. The van der Waals surface area contributed by atoms with Crippen LogP contribution in [0.15, 0.2) is 54.7 Å². The molecule has 1 fully saturated rings. The molecule has 0 aliphatic carbocycles. The Balaban J connectivity index is 1.39. The van der Waals surface area contributed by atoms with Crippen LogP contribution in [-0.4, -0.2) is 143 Å². The van der Waals surface area contributed by atoms with Crippen molar-refractivity contribution in [1.82, 2.24) is 45.6 Å². The number of methoxy groups -OCH3 is 1. The molecule has 17 nitrogen and oxygen atoms in total. The molecule has 3 atom stereocenters. The zero-order valence-electron chi connectivity index (χ0n) is 29.5. The number of nitrogens with one attached hydrogen (secondary N) is 3. The number of likely N-dealkylation sites (N-methyl/N-ethyl adjacent to an activating group) is 1. The maximum absolute atomic E-state index is 13.7. The van der Waals surface area contributed by atoms with Crippen LogP contribution in [0, 0.1) is 0 Å². The number of fused-ring (bicyclic) bond motifs is 16. The number of carbonyl (C=O) groups is 5. The Bertz CT molecular complexity index is 1730. The Hall–Kier alpha value is -5.71. The third kappa shape index (κ3) is 9.74. The number of aliphatic hydroxyl groups excluding tert-OH is 1.